The molecule has 0 heteroatoms. The van der Waals surface area contributed by atoms with Crippen LogP contribution in [0.3, 0.4) is 0 Å². The number of hydrogen-bond donors (Lipinski definition) is 0. The van der Waals surface area contributed by atoms with Crippen molar-refractivity contribution in [2.24, 2.45) is 62.6 Å². The summed E-state index contributed by atoms with van der Waals surface area (Å²) in [7, 11) is 0. The minimum atomic E-state index is 0.527. The number of fused-ring (bicyclic) bond motifs is 1. The SMILES string of the molecule is CC(C)(C)C1CCC2(CC1)CCC(C(C)(C)C)CC2.CC(C)(C)C1CCC2CCC(C(C)(C)C)CC2C1. The van der Waals surface area contributed by atoms with Crippen molar-refractivity contribution in [2.45, 2.75) is 173 Å². The van der Waals surface area contributed by atoms with Crippen LogP contribution < -0.4 is 0 Å². The summed E-state index contributed by atoms with van der Waals surface area (Å²) in [6, 6.07) is 0. The van der Waals surface area contributed by atoms with Gasteiger partial charge in [0.15, 0.2) is 0 Å². The van der Waals surface area contributed by atoms with E-state index in [9.17, 15) is 0 Å². The fourth-order valence-corrected chi connectivity index (χ4v) is 9.16. The van der Waals surface area contributed by atoms with Gasteiger partial charge in [-0.2, -0.15) is 0 Å². The summed E-state index contributed by atoms with van der Waals surface area (Å²) in [5.41, 5.74) is 2.87. The minimum Gasteiger partial charge on any atom is -0.0599 e. The monoisotopic (exact) mass is 515 g/mol. The zero-order valence-electron chi connectivity index (χ0n) is 27.9. The van der Waals surface area contributed by atoms with E-state index in [-0.39, 0.29) is 0 Å². The zero-order valence-corrected chi connectivity index (χ0v) is 27.9. The topological polar surface area (TPSA) is 0 Å². The van der Waals surface area contributed by atoms with Gasteiger partial charge in [0.2, 0.25) is 0 Å². The molecule has 0 heterocycles. The molecule has 4 aliphatic rings. The highest BCUT2D eigenvalue weighted by Gasteiger charge is 2.43. The summed E-state index contributed by atoms with van der Waals surface area (Å²) in [5.74, 6) is 6.00. The average Bonchev–Trinajstić information content (AvgIpc) is 2.77. The van der Waals surface area contributed by atoms with Crippen LogP contribution in [0.1, 0.15) is 173 Å². The molecule has 0 radical (unpaired) electrons. The van der Waals surface area contributed by atoms with Crippen LogP contribution in [-0.2, 0) is 0 Å². The molecule has 0 bridgehead atoms. The number of hydrogen-bond acceptors (Lipinski definition) is 0. The predicted molar refractivity (Wildman–Crippen MR) is 166 cm³/mol. The fourth-order valence-electron chi connectivity index (χ4n) is 9.16. The molecule has 4 aliphatic carbocycles. The van der Waals surface area contributed by atoms with Crippen LogP contribution in [0.5, 0.6) is 0 Å². The van der Waals surface area contributed by atoms with Crippen molar-refractivity contribution in [3.8, 4) is 0 Å². The Morgan fingerprint density at radius 3 is 0.919 bits per heavy atom. The van der Waals surface area contributed by atoms with E-state index in [1.54, 1.807) is 0 Å². The van der Waals surface area contributed by atoms with Crippen molar-refractivity contribution < 1.29 is 0 Å². The van der Waals surface area contributed by atoms with Crippen LogP contribution in [-0.4, -0.2) is 0 Å². The van der Waals surface area contributed by atoms with Crippen LogP contribution >= 0.6 is 0 Å². The average molecular weight is 515 g/mol. The van der Waals surface area contributed by atoms with Gasteiger partial charge in [-0.25, -0.2) is 0 Å². The lowest BCUT2D eigenvalue weighted by Crippen LogP contribution is -2.38. The van der Waals surface area contributed by atoms with Gasteiger partial charge >= 0.3 is 0 Å². The van der Waals surface area contributed by atoms with Crippen LogP contribution in [0, 0.1) is 62.6 Å². The standard InChI is InChI=1S/C19H36.C18H34/c1-17(2,3)15-7-11-19(12-8-15)13-9-16(10-14-19)18(4,5)6;1-17(2,3)15-9-7-13-8-10-16(18(4,5)6)12-14(13)11-15/h15-16H,7-14H2,1-6H3;13-16H,7-12H2,1-6H3. The van der Waals surface area contributed by atoms with Crippen molar-refractivity contribution in [1.82, 2.24) is 0 Å². The maximum absolute atomic E-state index is 2.45. The third-order valence-corrected chi connectivity index (χ3v) is 12.6. The molecular formula is C37H70. The van der Waals surface area contributed by atoms with Crippen LogP contribution in [0.2, 0.25) is 0 Å². The second-order valence-corrected chi connectivity index (χ2v) is 19.1. The van der Waals surface area contributed by atoms with Gasteiger partial charge in [0.1, 0.15) is 0 Å². The highest BCUT2D eigenvalue weighted by atomic mass is 14.5. The fraction of sp³-hybridized carbons (Fsp3) is 1.00. The van der Waals surface area contributed by atoms with Gasteiger partial charge in [-0.1, -0.05) is 83.1 Å². The van der Waals surface area contributed by atoms with Crippen molar-refractivity contribution in [3.05, 3.63) is 0 Å². The van der Waals surface area contributed by atoms with E-state index in [0.717, 1.165) is 40.9 Å². The largest absolute Gasteiger partial charge is 0.0599 e. The molecule has 0 N–H and O–H groups in total. The van der Waals surface area contributed by atoms with Gasteiger partial charge in [0.05, 0.1) is 0 Å². The highest BCUT2D eigenvalue weighted by molar-refractivity contribution is 4.94. The molecule has 0 nitrogen and oxygen atoms in total. The minimum absolute atomic E-state index is 0.527. The van der Waals surface area contributed by atoms with Crippen molar-refractivity contribution in [3.63, 3.8) is 0 Å². The predicted octanol–water partition coefficient (Wildman–Crippen LogP) is 12.4. The van der Waals surface area contributed by atoms with Crippen LogP contribution in [0.15, 0.2) is 0 Å². The molecule has 0 saturated heterocycles. The first-order chi connectivity index (χ1) is 16.8. The van der Waals surface area contributed by atoms with Gasteiger partial charge in [-0.05, 0) is 152 Å². The molecule has 2 atom stereocenters. The molecule has 1 spiro atoms. The number of rotatable bonds is 0. The first-order valence-electron chi connectivity index (χ1n) is 16.8. The quantitative estimate of drug-likeness (QED) is 0.301. The van der Waals surface area contributed by atoms with E-state index >= 15 is 0 Å². The van der Waals surface area contributed by atoms with Crippen molar-refractivity contribution >= 4 is 0 Å². The van der Waals surface area contributed by atoms with E-state index < -0.39 is 0 Å². The molecule has 0 aliphatic heterocycles. The van der Waals surface area contributed by atoms with E-state index in [4.69, 9.17) is 0 Å². The van der Waals surface area contributed by atoms with Crippen molar-refractivity contribution in [1.29, 1.82) is 0 Å². The normalized spacial score (nSPS) is 37.9. The first-order valence-corrected chi connectivity index (χ1v) is 16.8. The summed E-state index contributed by atoms with van der Waals surface area (Å²) >= 11 is 0. The summed E-state index contributed by atoms with van der Waals surface area (Å²) in [5, 5.41) is 0. The van der Waals surface area contributed by atoms with E-state index in [2.05, 4.69) is 83.1 Å². The first kappa shape index (κ1) is 31.5. The zero-order chi connectivity index (χ0) is 27.9. The van der Waals surface area contributed by atoms with Gasteiger partial charge in [-0.15, -0.1) is 0 Å². The molecule has 218 valence electrons. The van der Waals surface area contributed by atoms with Gasteiger partial charge in [-0.3, -0.25) is 0 Å². The second kappa shape index (κ2) is 11.5. The van der Waals surface area contributed by atoms with E-state index in [0.29, 0.717) is 21.7 Å². The Bertz CT molecular complexity index is 619. The van der Waals surface area contributed by atoms with Gasteiger partial charge < -0.3 is 0 Å². The molecule has 2 unspecified atom stereocenters. The summed E-state index contributed by atoms with van der Waals surface area (Å²) in [4.78, 5) is 0. The molecule has 0 aromatic carbocycles. The smallest absolute Gasteiger partial charge is 0.0297 e. The molecular weight excluding hydrogens is 444 g/mol. The summed E-state index contributed by atoms with van der Waals surface area (Å²) in [6.07, 6.45) is 21.1. The molecule has 4 fully saturated rings. The van der Waals surface area contributed by atoms with Crippen LogP contribution in [0.4, 0.5) is 0 Å². The Morgan fingerprint density at radius 2 is 0.649 bits per heavy atom. The lowest BCUT2D eigenvalue weighted by molar-refractivity contribution is 0.0232. The molecule has 4 saturated carbocycles. The van der Waals surface area contributed by atoms with E-state index in [1.807, 2.05) is 0 Å². The lowest BCUT2D eigenvalue weighted by Gasteiger charge is -2.49. The Kier molecular flexibility index (Phi) is 9.78. The summed E-state index contributed by atoms with van der Waals surface area (Å²) < 4.78 is 0. The molecule has 0 amide bonds. The van der Waals surface area contributed by atoms with Gasteiger partial charge in [0, 0.05) is 0 Å². The molecule has 0 aromatic rings. The Labute approximate surface area is 235 Å². The second-order valence-electron chi connectivity index (χ2n) is 19.1. The third-order valence-electron chi connectivity index (χ3n) is 12.6. The highest BCUT2D eigenvalue weighted by Crippen LogP contribution is 2.55. The Morgan fingerprint density at radius 1 is 0.351 bits per heavy atom. The maximum Gasteiger partial charge on any atom is -0.0297 e. The van der Waals surface area contributed by atoms with Crippen molar-refractivity contribution in [2.75, 3.05) is 0 Å². The Hall–Kier alpha value is 0. The van der Waals surface area contributed by atoms with Crippen LogP contribution in [0.25, 0.3) is 0 Å². The summed E-state index contributed by atoms with van der Waals surface area (Å²) in [6.45, 7) is 29.3. The Balaban J connectivity index is 0.000000206. The molecule has 37 heavy (non-hydrogen) atoms. The molecule has 4 rings (SSSR count). The third kappa shape index (κ3) is 8.49. The molecule has 0 aromatic heterocycles. The van der Waals surface area contributed by atoms with Gasteiger partial charge in [0.25, 0.3) is 0 Å². The lowest BCUT2D eigenvalue weighted by atomic mass is 9.56. The maximum atomic E-state index is 2.45. The van der Waals surface area contributed by atoms with E-state index in [1.165, 1.54) is 89.9 Å².